The average Bonchev–Trinajstić information content (AvgIpc) is 3.83. The third-order valence-corrected chi connectivity index (χ3v) is 12.2. The number of likely N-dealkylation sites (tertiary alicyclic amines) is 1. The van der Waals surface area contributed by atoms with Gasteiger partial charge in [-0.05, 0) is 52.9 Å². The molecular weight excluding hydrogens is 790 g/mol. The van der Waals surface area contributed by atoms with E-state index in [0.29, 0.717) is 22.2 Å². The van der Waals surface area contributed by atoms with E-state index < -0.39 is 72.2 Å². The van der Waals surface area contributed by atoms with Crippen LogP contribution >= 0.6 is 15.9 Å². The number of rotatable bonds is 8. The van der Waals surface area contributed by atoms with Crippen molar-refractivity contribution >= 4 is 56.1 Å². The normalized spacial score (nSPS) is 28.9. The van der Waals surface area contributed by atoms with Crippen molar-refractivity contribution in [2.75, 3.05) is 31.8 Å². The molecule has 294 valence electrons. The average molecular weight is 835 g/mol. The summed E-state index contributed by atoms with van der Waals surface area (Å²) in [5.74, 6) is -4.24. The Balaban J connectivity index is 1.28. The van der Waals surface area contributed by atoms with Crippen LogP contribution in [0, 0.1) is 11.8 Å². The third-order valence-electron chi connectivity index (χ3n) is 11.5. The molecule has 4 heterocycles. The molecule has 0 aliphatic carbocycles. The number of hydrogen-bond donors (Lipinski definition) is 2. The number of fused-ring (bicyclic) bond motifs is 3. The summed E-state index contributed by atoms with van der Waals surface area (Å²) in [5.41, 5.74) is 0.500. The van der Waals surface area contributed by atoms with E-state index >= 15 is 9.59 Å². The summed E-state index contributed by atoms with van der Waals surface area (Å²) >= 11 is 3.65. The Labute approximate surface area is 339 Å². The summed E-state index contributed by atoms with van der Waals surface area (Å²) in [4.78, 5) is 62.1. The standard InChI is InChI=1S/C45H44BrN3O8/c1-55-27-35-39(30-16-7-3-8-17-30)56-44(54)37-38-42(52)49(33(26-50)23-28-13-5-2-6-14-28)41(45(38)25-34(46)40(37)57-45)43(53)48(22-12-4-9-19-36(51)47-35)32-21-20-29-15-10-11-18-31(29)24-32/h2-8,10-18,20-21,24-25,33,35,37-41,50H,9,19,22-23,26-27H2,1H3,(H,47,51)/b12-4-/t33-,35+,37-,38+,39+,40-,41-,45+/m1/s1. The minimum absolute atomic E-state index is 0.0393. The predicted octanol–water partition coefficient (Wildman–Crippen LogP) is 5.42. The van der Waals surface area contributed by atoms with Gasteiger partial charge in [0.25, 0.3) is 5.91 Å². The van der Waals surface area contributed by atoms with E-state index in [-0.39, 0.29) is 31.9 Å². The minimum Gasteiger partial charge on any atom is -0.455 e. The van der Waals surface area contributed by atoms with Gasteiger partial charge in [-0.25, -0.2) is 0 Å². The quantitative estimate of drug-likeness (QED) is 0.178. The van der Waals surface area contributed by atoms with Crippen molar-refractivity contribution in [3.05, 3.63) is 137 Å². The smallest absolute Gasteiger partial charge is 0.313 e. The van der Waals surface area contributed by atoms with Gasteiger partial charge in [0.15, 0.2) is 0 Å². The third kappa shape index (κ3) is 7.20. The van der Waals surface area contributed by atoms with Crippen LogP contribution in [0.1, 0.15) is 30.1 Å². The number of allylic oxidation sites excluding steroid dienone is 1. The molecule has 8 atom stereocenters. The molecule has 0 saturated carbocycles. The number of aliphatic hydroxyl groups is 1. The summed E-state index contributed by atoms with van der Waals surface area (Å²) in [7, 11) is 1.51. The second-order valence-electron chi connectivity index (χ2n) is 15.0. The number of ether oxygens (including phenoxy) is 3. The van der Waals surface area contributed by atoms with Gasteiger partial charge in [-0.1, -0.05) is 119 Å². The summed E-state index contributed by atoms with van der Waals surface area (Å²) in [6, 6.07) is 29.3. The van der Waals surface area contributed by atoms with Gasteiger partial charge in [0.1, 0.15) is 29.8 Å². The monoisotopic (exact) mass is 833 g/mol. The van der Waals surface area contributed by atoms with Crippen molar-refractivity contribution in [1.29, 1.82) is 0 Å². The van der Waals surface area contributed by atoms with Crippen LogP contribution in [0.2, 0.25) is 0 Å². The zero-order valence-corrected chi connectivity index (χ0v) is 33.0. The molecule has 4 aliphatic heterocycles. The Morgan fingerprint density at radius 1 is 0.895 bits per heavy atom. The topological polar surface area (TPSA) is 135 Å². The molecule has 3 amide bonds. The first-order chi connectivity index (χ1) is 27.7. The lowest BCUT2D eigenvalue weighted by atomic mass is 9.74. The van der Waals surface area contributed by atoms with Gasteiger partial charge < -0.3 is 34.4 Å². The first-order valence-electron chi connectivity index (χ1n) is 19.3. The molecule has 1 spiro atoms. The van der Waals surface area contributed by atoms with Crippen LogP contribution in [0.4, 0.5) is 5.69 Å². The van der Waals surface area contributed by atoms with Crippen molar-refractivity contribution in [2.24, 2.45) is 11.8 Å². The SMILES string of the molecule is COC[C@@H]1NC(=O)CC/C=C\CN(c2ccc3ccccc3c2)C(=O)[C@H]2N([C@@H](CO)Cc3ccccc3)C(=O)[C@@H]3[C@@H](C(=O)O[C@H]1c1ccccc1)[C@@H]1O[C@@]32C=C1Br. The van der Waals surface area contributed by atoms with E-state index in [9.17, 15) is 14.7 Å². The largest absolute Gasteiger partial charge is 0.455 e. The summed E-state index contributed by atoms with van der Waals surface area (Å²) in [6.07, 6.45) is 4.31. The number of aliphatic hydroxyl groups excluding tert-OH is 1. The van der Waals surface area contributed by atoms with E-state index in [2.05, 4.69) is 21.2 Å². The van der Waals surface area contributed by atoms with E-state index in [4.69, 9.17) is 14.2 Å². The molecule has 4 aromatic carbocycles. The van der Waals surface area contributed by atoms with Crippen molar-refractivity contribution in [3.8, 4) is 0 Å². The van der Waals surface area contributed by atoms with E-state index in [0.717, 1.165) is 16.3 Å². The number of cyclic esters (lactones) is 1. The molecule has 8 rings (SSSR count). The minimum atomic E-state index is -1.58. The number of amides is 3. The fourth-order valence-electron chi connectivity index (χ4n) is 8.96. The number of esters is 1. The van der Waals surface area contributed by atoms with E-state index in [1.165, 1.54) is 12.0 Å². The summed E-state index contributed by atoms with van der Waals surface area (Å²) < 4.78 is 19.2. The van der Waals surface area contributed by atoms with Crippen molar-refractivity contribution in [1.82, 2.24) is 10.2 Å². The van der Waals surface area contributed by atoms with Crippen LogP contribution in [-0.2, 0) is 39.8 Å². The van der Waals surface area contributed by atoms with Gasteiger partial charge in [-0.15, -0.1) is 0 Å². The number of nitrogens with one attached hydrogen (secondary N) is 1. The number of carbonyl (C=O) groups excluding carboxylic acids is 4. The van der Waals surface area contributed by atoms with E-state index in [1.54, 1.807) is 23.1 Å². The zero-order valence-electron chi connectivity index (χ0n) is 31.4. The number of methoxy groups -OCH3 is 1. The van der Waals surface area contributed by atoms with Crippen molar-refractivity contribution < 1.29 is 38.5 Å². The Morgan fingerprint density at radius 2 is 1.61 bits per heavy atom. The highest BCUT2D eigenvalue weighted by Gasteiger charge is 2.75. The predicted molar refractivity (Wildman–Crippen MR) is 217 cm³/mol. The van der Waals surface area contributed by atoms with Crippen LogP contribution in [0.15, 0.2) is 126 Å². The molecule has 2 N–H and O–H groups in total. The molecular formula is C45H44BrN3O8. The van der Waals surface area contributed by atoms with Crippen LogP contribution in [0.5, 0.6) is 0 Å². The van der Waals surface area contributed by atoms with Crippen LogP contribution in [0.25, 0.3) is 10.8 Å². The van der Waals surface area contributed by atoms with Gasteiger partial charge in [-0.3, -0.25) is 19.2 Å². The molecule has 4 aliphatic rings. The van der Waals surface area contributed by atoms with E-state index in [1.807, 2.05) is 103 Å². The van der Waals surface area contributed by atoms with Crippen LogP contribution in [-0.4, -0.2) is 90.4 Å². The maximum atomic E-state index is 15.6. The number of benzene rings is 4. The lowest BCUT2D eigenvalue weighted by Gasteiger charge is -2.39. The van der Waals surface area contributed by atoms with Gasteiger partial charge in [0, 0.05) is 30.2 Å². The molecule has 2 fully saturated rings. The summed E-state index contributed by atoms with van der Waals surface area (Å²) in [6.45, 7) is -0.290. The van der Waals surface area contributed by atoms with Gasteiger partial charge in [0.2, 0.25) is 11.8 Å². The zero-order chi connectivity index (χ0) is 39.7. The molecule has 2 saturated heterocycles. The Morgan fingerprint density at radius 3 is 2.35 bits per heavy atom. The fraction of sp³-hybridized carbons (Fsp3) is 0.333. The van der Waals surface area contributed by atoms with Gasteiger partial charge in [0.05, 0.1) is 31.2 Å². The lowest BCUT2D eigenvalue weighted by Crippen LogP contribution is -2.59. The maximum Gasteiger partial charge on any atom is 0.313 e. The second-order valence-corrected chi connectivity index (χ2v) is 15.9. The van der Waals surface area contributed by atoms with Crippen molar-refractivity contribution in [2.45, 2.75) is 55.2 Å². The maximum absolute atomic E-state index is 15.6. The first kappa shape index (κ1) is 38.7. The van der Waals surface area contributed by atoms with Crippen molar-refractivity contribution in [3.63, 3.8) is 0 Å². The summed E-state index contributed by atoms with van der Waals surface area (Å²) in [5, 5.41) is 16.0. The lowest BCUT2D eigenvalue weighted by molar-refractivity contribution is -0.162. The van der Waals surface area contributed by atoms with Crippen LogP contribution < -0.4 is 10.2 Å². The fourth-order valence-corrected chi connectivity index (χ4v) is 9.69. The highest BCUT2D eigenvalue weighted by molar-refractivity contribution is 9.11. The van der Waals surface area contributed by atoms with Gasteiger partial charge >= 0.3 is 5.97 Å². The van der Waals surface area contributed by atoms with Gasteiger partial charge in [-0.2, -0.15) is 0 Å². The number of nitrogens with zero attached hydrogens (tertiary/aromatic N) is 2. The molecule has 0 aromatic heterocycles. The Bertz CT molecular complexity index is 2220. The number of hydrogen-bond acceptors (Lipinski definition) is 8. The molecule has 12 heteroatoms. The second kappa shape index (κ2) is 16.4. The number of anilines is 1. The Kier molecular flexibility index (Phi) is 11.1. The highest BCUT2D eigenvalue weighted by Crippen LogP contribution is 2.59. The Hall–Kier alpha value is -5.14. The van der Waals surface area contributed by atoms with Crippen LogP contribution in [0.3, 0.4) is 0 Å². The molecule has 11 nitrogen and oxygen atoms in total. The number of carbonyl (C=O) groups is 4. The molecule has 0 radical (unpaired) electrons. The first-order valence-corrected chi connectivity index (χ1v) is 20.0. The molecule has 4 aromatic rings. The number of halogens is 1. The highest BCUT2D eigenvalue weighted by atomic mass is 79.9. The molecule has 57 heavy (non-hydrogen) atoms. The molecule has 5 bridgehead atoms. The molecule has 0 unspecified atom stereocenters.